The minimum Gasteiger partial charge on any atom is -0.419 e. The first-order chi connectivity index (χ1) is 10.9. The van der Waals surface area contributed by atoms with Crippen LogP contribution in [-0.2, 0) is 6.54 Å². The standard InChI is InChI=1S/C15H15N5OS/c1-2-12(22-7-1)10-20-6-3-11(9-20)14-18-19-15(21-14)13-8-16-4-5-17-13/h1-2,4-5,7-8,11H,3,6,9-10H2. The Kier molecular flexibility index (Phi) is 3.65. The number of aromatic nitrogens is 4. The largest absolute Gasteiger partial charge is 0.419 e. The highest BCUT2D eigenvalue weighted by atomic mass is 32.1. The summed E-state index contributed by atoms with van der Waals surface area (Å²) in [5.74, 6) is 1.45. The van der Waals surface area contributed by atoms with Crippen molar-refractivity contribution in [2.75, 3.05) is 13.1 Å². The van der Waals surface area contributed by atoms with Crippen LogP contribution >= 0.6 is 11.3 Å². The van der Waals surface area contributed by atoms with Gasteiger partial charge in [-0.1, -0.05) is 6.07 Å². The molecular weight excluding hydrogens is 298 g/mol. The van der Waals surface area contributed by atoms with E-state index in [4.69, 9.17) is 4.42 Å². The van der Waals surface area contributed by atoms with Crippen LogP contribution in [0.25, 0.3) is 11.6 Å². The van der Waals surface area contributed by atoms with Crippen molar-refractivity contribution in [2.45, 2.75) is 18.9 Å². The van der Waals surface area contributed by atoms with E-state index in [1.807, 2.05) is 0 Å². The number of rotatable bonds is 4. The fraction of sp³-hybridized carbons (Fsp3) is 0.333. The summed E-state index contributed by atoms with van der Waals surface area (Å²) in [6, 6.07) is 4.27. The molecule has 1 aliphatic rings. The maximum absolute atomic E-state index is 5.79. The number of nitrogens with zero attached hydrogens (tertiary/aromatic N) is 5. The van der Waals surface area contributed by atoms with E-state index in [0.29, 0.717) is 23.4 Å². The Balaban J connectivity index is 1.44. The molecule has 3 aromatic heterocycles. The minimum atomic E-state index is 0.304. The third kappa shape index (κ3) is 2.77. The fourth-order valence-electron chi connectivity index (χ4n) is 2.71. The van der Waals surface area contributed by atoms with E-state index in [0.717, 1.165) is 26.1 Å². The van der Waals surface area contributed by atoms with Crippen molar-refractivity contribution in [3.05, 3.63) is 46.9 Å². The van der Waals surface area contributed by atoms with E-state index in [2.05, 4.69) is 42.6 Å². The highest BCUT2D eigenvalue weighted by molar-refractivity contribution is 7.09. The molecule has 7 heteroatoms. The third-order valence-electron chi connectivity index (χ3n) is 3.80. The minimum absolute atomic E-state index is 0.304. The van der Waals surface area contributed by atoms with Gasteiger partial charge in [0, 0.05) is 30.4 Å². The van der Waals surface area contributed by atoms with Crippen molar-refractivity contribution in [1.82, 2.24) is 25.1 Å². The van der Waals surface area contributed by atoms with Gasteiger partial charge in [-0.3, -0.25) is 9.88 Å². The van der Waals surface area contributed by atoms with Gasteiger partial charge in [0.2, 0.25) is 5.89 Å². The summed E-state index contributed by atoms with van der Waals surface area (Å²) in [5, 5.41) is 10.4. The average Bonchev–Trinajstić information content (AvgIpc) is 3.30. The Morgan fingerprint density at radius 2 is 2.32 bits per heavy atom. The second-order valence-corrected chi connectivity index (χ2v) is 6.37. The van der Waals surface area contributed by atoms with Crippen molar-refractivity contribution in [1.29, 1.82) is 0 Å². The van der Waals surface area contributed by atoms with Gasteiger partial charge in [-0.25, -0.2) is 4.98 Å². The molecule has 1 aliphatic heterocycles. The van der Waals surface area contributed by atoms with Gasteiger partial charge in [0.15, 0.2) is 0 Å². The summed E-state index contributed by atoms with van der Waals surface area (Å²) in [4.78, 5) is 12.0. The normalized spacial score (nSPS) is 18.8. The average molecular weight is 313 g/mol. The Morgan fingerprint density at radius 1 is 1.32 bits per heavy atom. The number of hydrogen-bond acceptors (Lipinski definition) is 7. The van der Waals surface area contributed by atoms with Crippen molar-refractivity contribution in [3.8, 4) is 11.6 Å². The third-order valence-corrected chi connectivity index (χ3v) is 4.67. The van der Waals surface area contributed by atoms with E-state index in [1.54, 1.807) is 29.9 Å². The second kappa shape index (κ2) is 5.94. The zero-order valence-electron chi connectivity index (χ0n) is 11.9. The zero-order valence-corrected chi connectivity index (χ0v) is 12.7. The molecular formula is C15H15N5OS. The highest BCUT2D eigenvalue weighted by Gasteiger charge is 2.28. The van der Waals surface area contributed by atoms with Crippen LogP contribution in [0.3, 0.4) is 0 Å². The lowest BCUT2D eigenvalue weighted by molar-refractivity contribution is 0.323. The predicted molar refractivity (Wildman–Crippen MR) is 82.3 cm³/mol. The summed E-state index contributed by atoms with van der Waals surface area (Å²) in [6.07, 6.45) is 5.93. The van der Waals surface area contributed by atoms with E-state index in [9.17, 15) is 0 Å². The van der Waals surface area contributed by atoms with Crippen LogP contribution in [0.2, 0.25) is 0 Å². The Hall–Kier alpha value is -2.12. The summed E-state index contributed by atoms with van der Waals surface area (Å²) in [6.45, 7) is 3.02. The molecule has 0 saturated carbocycles. The van der Waals surface area contributed by atoms with Crippen molar-refractivity contribution >= 4 is 11.3 Å². The molecule has 6 nitrogen and oxygen atoms in total. The van der Waals surface area contributed by atoms with Gasteiger partial charge in [-0.05, 0) is 24.4 Å². The summed E-state index contributed by atoms with van der Waals surface area (Å²) >= 11 is 1.80. The van der Waals surface area contributed by atoms with Gasteiger partial charge < -0.3 is 4.42 Å². The van der Waals surface area contributed by atoms with E-state index < -0.39 is 0 Å². The van der Waals surface area contributed by atoms with Crippen LogP contribution in [0.5, 0.6) is 0 Å². The molecule has 1 fully saturated rings. The maximum atomic E-state index is 5.79. The first-order valence-corrected chi connectivity index (χ1v) is 8.11. The lowest BCUT2D eigenvalue weighted by Crippen LogP contribution is -2.19. The van der Waals surface area contributed by atoms with Crippen molar-refractivity contribution in [3.63, 3.8) is 0 Å². The van der Waals surface area contributed by atoms with Crippen LogP contribution in [-0.4, -0.2) is 38.2 Å². The smallest absolute Gasteiger partial charge is 0.267 e. The Bertz CT molecular complexity index is 727. The molecule has 0 amide bonds. The molecule has 1 unspecified atom stereocenters. The first-order valence-electron chi connectivity index (χ1n) is 7.23. The molecule has 0 bridgehead atoms. The lowest BCUT2D eigenvalue weighted by atomic mass is 10.1. The quantitative estimate of drug-likeness (QED) is 0.737. The van der Waals surface area contributed by atoms with E-state index in [-0.39, 0.29) is 0 Å². The topological polar surface area (TPSA) is 67.9 Å². The lowest BCUT2D eigenvalue weighted by Gasteiger charge is -2.13. The number of likely N-dealkylation sites (tertiary alicyclic amines) is 1. The molecule has 0 N–H and O–H groups in total. The molecule has 1 saturated heterocycles. The van der Waals surface area contributed by atoms with Gasteiger partial charge in [0.1, 0.15) is 5.69 Å². The van der Waals surface area contributed by atoms with Gasteiger partial charge in [0.05, 0.1) is 12.1 Å². The fourth-order valence-corrected chi connectivity index (χ4v) is 3.46. The molecule has 0 radical (unpaired) electrons. The predicted octanol–water partition coefficient (Wildman–Crippen LogP) is 2.58. The summed E-state index contributed by atoms with van der Waals surface area (Å²) in [7, 11) is 0. The van der Waals surface area contributed by atoms with Crippen LogP contribution in [0, 0.1) is 0 Å². The van der Waals surface area contributed by atoms with Crippen molar-refractivity contribution in [2.24, 2.45) is 0 Å². The zero-order chi connectivity index (χ0) is 14.8. The maximum Gasteiger partial charge on any atom is 0.267 e. The van der Waals surface area contributed by atoms with Gasteiger partial charge in [-0.15, -0.1) is 21.5 Å². The first kappa shape index (κ1) is 13.5. The second-order valence-electron chi connectivity index (χ2n) is 5.34. The van der Waals surface area contributed by atoms with Crippen LogP contribution in [0.15, 0.2) is 40.5 Å². The van der Waals surface area contributed by atoms with E-state index in [1.165, 1.54) is 4.88 Å². The summed E-state index contributed by atoms with van der Waals surface area (Å²) in [5.41, 5.74) is 0.620. The highest BCUT2D eigenvalue weighted by Crippen LogP contribution is 2.29. The molecule has 4 heterocycles. The number of thiophene rings is 1. The van der Waals surface area contributed by atoms with Gasteiger partial charge in [-0.2, -0.15) is 0 Å². The molecule has 112 valence electrons. The molecule has 0 spiro atoms. The molecule has 3 aromatic rings. The number of hydrogen-bond donors (Lipinski definition) is 0. The summed E-state index contributed by atoms with van der Waals surface area (Å²) < 4.78 is 5.79. The van der Waals surface area contributed by atoms with Gasteiger partial charge in [0.25, 0.3) is 5.89 Å². The van der Waals surface area contributed by atoms with Crippen LogP contribution in [0.4, 0.5) is 0 Å². The molecule has 4 rings (SSSR count). The van der Waals surface area contributed by atoms with Crippen LogP contribution in [0.1, 0.15) is 23.1 Å². The molecule has 22 heavy (non-hydrogen) atoms. The van der Waals surface area contributed by atoms with Gasteiger partial charge >= 0.3 is 0 Å². The monoisotopic (exact) mass is 313 g/mol. The molecule has 0 aliphatic carbocycles. The van der Waals surface area contributed by atoms with Crippen LogP contribution < -0.4 is 0 Å². The molecule has 0 aromatic carbocycles. The SMILES string of the molecule is c1csc(CN2CCC(c3nnc(-c4cnccn4)o3)C2)c1. The van der Waals surface area contributed by atoms with Crippen molar-refractivity contribution < 1.29 is 4.42 Å². The molecule has 1 atom stereocenters. The Labute approximate surface area is 131 Å². The van der Waals surface area contributed by atoms with E-state index >= 15 is 0 Å². The Morgan fingerprint density at radius 3 is 3.14 bits per heavy atom.